The van der Waals surface area contributed by atoms with Crippen molar-refractivity contribution in [3.63, 3.8) is 0 Å². The monoisotopic (exact) mass is 405 g/mol. The van der Waals surface area contributed by atoms with Crippen molar-refractivity contribution in [3.05, 3.63) is 62.7 Å². The van der Waals surface area contributed by atoms with Crippen LogP contribution in [0.1, 0.15) is 11.1 Å². The fourth-order valence-corrected chi connectivity index (χ4v) is 2.88. The molecule has 120 valence electrons. The lowest BCUT2D eigenvalue weighted by atomic mass is 10.1. The van der Waals surface area contributed by atoms with Crippen LogP contribution in [0.2, 0.25) is 5.02 Å². The van der Waals surface area contributed by atoms with Gasteiger partial charge in [0.15, 0.2) is 17.2 Å². The standard InChI is InChI=1S/C17H9BrClNO4/c18-12-7-15-14(22-8-23-15)6-10(12)5-13-17(21)24-16(20-13)9-1-3-11(19)4-2-9/h1-7H,8H2. The molecule has 2 aromatic rings. The zero-order valence-corrected chi connectivity index (χ0v) is 14.4. The number of benzene rings is 2. The van der Waals surface area contributed by atoms with E-state index in [1.54, 1.807) is 42.5 Å². The number of hydrogen-bond donors (Lipinski definition) is 0. The molecule has 4 rings (SSSR count). The van der Waals surface area contributed by atoms with Gasteiger partial charge in [0.05, 0.1) is 0 Å². The molecule has 5 nitrogen and oxygen atoms in total. The van der Waals surface area contributed by atoms with Gasteiger partial charge in [-0.3, -0.25) is 0 Å². The molecule has 0 aromatic heterocycles. The maximum absolute atomic E-state index is 12.1. The van der Waals surface area contributed by atoms with E-state index in [-0.39, 0.29) is 18.4 Å². The highest BCUT2D eigenvalue weighted by molar-refractivity contribution is 9.10. The van der Waals surface area contributed by atoms with Crippen molar-refractivity contribution < 1.29 is 19.0 Å². The van der Waals surface area contributed by atoms with Crippen LogP contribution in [0.3, 0.4) is 0 Å². The molecule has 0 fully saturated rings. The van der Waals surface area contributed by atoms with Crippen LogP contribution in [-0.2, 0) is 9.53 Å². The van der Waals surface area contributed by atoms with Gasteiger partial charge in [0.25, 0.3) is 0 Å². The highest BCUT2D eigenvalue weighted by Gasteiger charge is 2.25. The van der Waals surface area contributed by atoms with Gasteiger partial charge in [0.1, 0.15) is 0 Å². The van der Waals surface area contributed by atoms with Crippen molar-refractivity contribution in [2.24, 2.45) is 4.99 Å². The van der Waals surface area contributed by atoms with Gasteiger partial charge in [0.2, 0.25) is 12.7 Å². The van der Waals surface area contributed by atoms with Gasteiger partial charge in [-0.25, -0.2) is 9.79 Å². The normalized spacial score (nSPS) is 17.2. The quantitative estimate of drug-likeness (QED) is 0.555. The number of cyclic esters (lactones) is 1. The van der Waals surface area contributed by atoms with Crippen LogP contribution in [0.5, 0.6) is 11.5 Å². The molecule has 24 heavy (non-hydrogen) atoms. The lowest BCUT2D eigenvalue weighted by Crippen LogP contribution is -2.05. The Morgan fingerprint density at radius 1 is 1.12 bits per heavy atom. The fourth-order valence-electron chi connectivity index (χ4n) is 2.32. The molecule has 2 aliphatic heterocycles. The molecule has 2 aliphatic rings. The maximum atomic E-state index is 12.1. The van der Waals surface area contributed by atoms with Crippen molar-refractivity contribution in [3.8, 4) is 11.5 Å². The number of hydrogen-bond acceptors (Lipinski definition) is 5. The summed E-state index contributed by atoms with van der Waals surface area (Å²) >= 11 is 9.31. The summed E-state index contributed by atoms with van der Waals surface area (Å²) in [5, 5.41) is 0.601. The second-order valence-electron chi connectivity index (χ2n) is 5.07. The highest BCUT2D eigenvalue weighted by Crippen LogP contribution is 2.38. The van der Waals surface area contributed by atoms with Crippen molar-refractivity contribution in [2.75, 3.05) is 6.79 Å². The van der Waals surface area contributed by atoms with Crippen molar-refractivity contribution in [1.82, 2.24) is 0 Å². The summed E-state index contributed by atoms with van der Waals surface area (Å²) in [4.78, 5) is 16.3. The van der Waals surface area contributed by atoms with Crippen molar-refractivity contribution in [2.45, 2.75) is 0 Å². The SMILES string of the molecule is O=C1OC(c2ccc(Cl)cc2)=NC1=Cc1cc2c(cc1Br)OCO2. The van der Waals surface area contributed by atoms with Crippen LogP contribution >= 0.6 is 27.5 Å². The maximum Gasteiger partial charge on any atom is 0.363 e. The predicted octanol–water partition coefficient (Wildman–Crippen LogP) is 4.18. The molecule has 0 N–H and O–H groups in total. The largest absolute Gasteiger partial charge is 0.454 e. The van der Waals surface area contributed by atoms with Gasteiger partial charge < -0.3 is 14.2 Å². The van der Waals surface area contributed by atoms with E-state index in [0.29, 0.717) is 22.1 Å². The molecule has 0 spiro atoms. The Bertz CT molecular complexity index is 906. The molecule has 0 saturated carbocycles. The second-order valence-corrected chi connectivity index (χ2v) is 6.36. The smallest absolute Gasteiger partial charge is 0.363 e. The van der Waals surface area contributed by atoms with E-state index >= 15 is 0 Å². The summed E-state index contributed by atoms with van der Waals surface area (Å²) in [6.07, 6.45) is 1.64. The Labute approximate surface area is 150 Å². The Balaban J connectivity index is 1.70. The minimum atomic E-state index is -0.510. The molecule has 0 bridgehead atoms. The van der Waals surface area contributed by atoms with Crippen molar-refractivity contribution >= 4 is 45.5 Å². The van der Waals surface area contributed by atoms with Crippen LogP contribution in [0.4, 0.5) is 0 Å². The van der Waals surface area contributed by atoms with Crippen LogP contribution < -0.4 is 9.47 Å². The molecule has 0 amide bonds. The van der Waals surface area contributed by atoms with E-state index < -0.39 is 5.97 Å². The Morgan fingerprint density at radius 2 is 1.83 bits per heavy atom. The van der Waals surface area contributed by atoms with Crippen molar-refractivity contribution in [1.29, 1.82) is 0 Å². The van der Waals surface area contributed by atoms with Crippen LogP contribution in [0, 0.1) is 0 Å². The number of aliphatic imine (C=N–C) groups is 1. The Hall–Kier alpha value is -2.31. The molecule has 0 saturated heterocycles. The molecule has 2 heterocycles. The van der Waals surface area contributed by atoms with Gasteiger partial charge >= 0.3 is 5.97 Å². The van der Waals surface area contributed by atoms with E-state index in [4.69, 9.17) is 25.8 Å². The molecule has 0 unspecified atom stereocenters. The lowest BCUT2D eigenvalue weighted by Gasteiger charge is -2.02. The molecular weight excluding hydrogens is 398 g/mol. The minimum absolute atomic E-state index is 0.183. The van der Waals surface area contributed by atoms with Gasteiger partial charge in [-0.05, 0) is 48.0 Å². The van der Waals surface area contributed by atoms with Crippen LogP contribution in [0.25, 0.3) is 6.08 Å². The lowest BCUT2D eigenvalue weighted by molar-refractivity contribution is -0.129. The molecule has 0 aliphatic carbocycles. The third kappa shape index (κ3) is 2.79. The molecule has 0 atom stereocenters. The first kappa shape index (κ1) is 15.2. The number of rotatable bonds is 2. The number of halogens is 2. The Kier molecular flexibility index (Phi) is 3.78. The average molecular weight is 407 g/mol. The summed E-state index contributed by atoms with van der Waals surface area (Å²) < 4.78 is 16.7. The van der Waals surface area contributed by atoms with E-state index in [1.165, 1.54) is 0 Å². The van der Waals surface area contributed by atoms with E-state index in [1.807, 2.05) is 0 Å². The number of nitrogens with zero attached hydrogens (tertiary/aromatic N) is 1. The summed E-state index contributed by atoms with van der Waals surface area (Å²) in [5.74, 6) is 1.02. The third-order valence-electron chi connectivity index (χ3n) is 3.50. The summed E-state index contributed by atoms with van der Waals surface area (Å²) in [7, 11) is 0. The first-order chi connectivity index (χ1) is 11.6. The summed E-state index contributed by atoms with van der Waals surface area (Å²) in [6.45, 7) is 0.183. The zero-order valence-electron chi connectivity index (χ0n) is 12.1. The minimum Gasteiger partial charge on any atom is -0.454 e. The van der Waals surface area contributed by atoms with Gasteiger partial charge in [-0.15, -0.1) is 0 Å². The average Bonchev–Trinajstić information content (AvgIpc) is 3.15. The number of carbonyl (C=O) groups is 1. The second kappa shape index (κ2) is 5.96. The first-order valence-electron chi connectivity index (χ1n) is 6.98. The van der Waals surface area contributed by atoms with E-state index in [0.717, 1.165) is 10.0 Å². The summed E-state index contributed by atoms with van der Waals surface area (Å²) in [6, 6.07) is 10.5. The molecule has 2 aromatic carbocycles. The summed E-state index contributed by atoms with van der Waals surface area (Å²) in [5.41, 5.74) is 1.63. The van der Waals surface area contributed by atoms with E-state index in [2.05, 4.69) is 20.9 Å². The fraction of sp³-hybridized carbons (Fsp3) is 0.0588. The highest BCUT2D eigenvalue weighted by atomic mass is 79.9. The van der Waals surface area contributed by atoms with Gasteiger partial charge in [0, 0.05) is 15.1 Å². The zero-order chi connectivity index (χ0) is 16.7. The third-order valence-corrected chi connectivity index (χ3v) is 4.43. The number of carbonyl (C=O) groups excluding carboxylic acids is 1. The number of ether oxygens (including phenoxy) is 3. The van der Waals surface area contributed by atoms with E-state index in [9.17, 15) is 4.79 Å². The van der Waals surface area contributed by atoms with Gasteiger partial charge in [-0.2, -0.15) is 0 Å². The Morgan fingerprint density at radius 3 is 2.58 bits per heavy atom. The molecular formula is C17H9BrClNO4. The number of esters is 1. The molecule has 7 heteroatoms. The molecule has 0 radical (unpaired) electrons. The number of fused-ring (bicyclic) bond motifs is 1. The van der Waals surface area contributed by atoms with Crippen LogP contribution in [-0.4, -0.2) is 18.7 Å². The predicted molar refractivity (Wildman–Crippen MR) is 92.3 cm³/mol. The first-order valence-corrected chi connectivity index (χ1v) is 8.15. The van der Waals surface area contributed by atoms with Crippen LogP contribution in [0.15, 0.2) is 51.6 Å². The van der Waals surface area contributed by atoms with Gasteiger partial charge in [-0.1, -0.05) is 27.5 Å². The topological polar surface area (TPSA) is 57.1 Å².